The number of pyridine rings is 2. The maximum atomic E-state index is 12.8. The fourth-order valence-corrected chi connectivity index (χ4v) is 3.66. The van der Waals surface area contributed by atoms with Crippen LogP contribution in [0.5, 0.6) is 0 Å². The van der Waals surface area contributed by atoms with Crippen LogP contribution >= 0.6 is 0 Å². The van der Waals surface area contributed by atoms with Crippen molar-refractivity contribution in [2.75, 3.05) is 0 Å². The lowest BCUT2D eigenvalue weighted by Gasteiger charge is -2.19. The number of para-hydroxylation sites is 1. The first-order valence-electron chi connectivity index (χ1n) is 7.83. The van der Waals surface area contributed by atoms with E-state index in [0.29, 0.717) is 11.9 Å². The van der Waals surface area contributed by atoms with Crippen molar-refractivity contribution in [1.29, 1.82) is 0 Å². The van der Waals surface area contributed by atoms with Crippen LogP contribution in [0.1, 0.15) is 11.3 Å². The van der Waals surface area contributed by atoms with Crippen molar-refractivity contribution in [2.24, 2.45) is 0 Å². The van der Waals surface area contributed by atoms with E-state index in [1.54, 1.807) is 0 Å². The summed E-state index contributed by atoms with van der Waals surface area (Å²) in [7, 11) is 0. The minimum Gasteiger partial charge on any atom is -0.353 e. The van der Waals surface area contributed by atoms with Crippen molar-refractivity contribution in [1.82, 2.24) is 14.5 Å². The Morgan fingerprint density at radius 3 is 2.91 bits per heavy atom. The molecular weight excluding hydrogens is 286 g/mol. The number of rotatable bonds is 0. The van der Waals surface area contributed by atoms with E-state index in [1.165, 1.54) is 10.9 Å². The summed E-state index contributed by atoms with van der Waals surface area (Å²) in [5, 5.41) is 1.94. The standard InChI is InChI=1S/C19H15N3O/c1-11-6-7-14-16(20-11)10-17-18-13(8-9-22(17)19(14)23)12-4-2-3-5-15(12)21-18/h2-7,10,21H,8-9H2,1H3. The van der Waals surface area contributed by atoms with E-state index in [9.17, 15) is 4.79 Å². The van der Waals surface area contributed by atoms with Gasteiger partial charge in [-0.3, -0.25) is 9.78 Å². The first-order chi connectivity index (χ1) is 11.2. The van der Waals surface area contributed by atoms with E-state index in [1.807, 2.05) is 35.8 Å². The van der Waals surface area contributed by atoms with E-state index < -0.39 is 0 Å². The topological polar surface area (TPSA) is 50.7 Å². The highest BCUT2D eigenvalue weighted by atomic mass is 16.1. The van der Waals surface area contributed by atoms with Gasteiger partial charge in [-0.25, -0.2) is 0 Å². The predicted octanol–water partition coefficient (Wildman–Crippen LogP) is 3.41. The van der Waals surface area contributed by atoms with Crippen LogP contribution in [-0.4, -0.2) is 14.5 Å². The lowest BCUT2D eigenvalue weighted by Crippen LogP contribution is -2.26. The smallest absolute Gasteiger partial charge is 0.260 e. The molecule has 4 nitrogen and oxygen atoms in total. The van der Waals surface area contributed by atoms with Gasteiger partial charge >= 0.3 is 0 Å². The van der Waals surface area contributed by atoms with Gasteiger partial charge in [0.05, 0.1) is 22.3 Å². The molecule has 1 N–H and O–H groups in total. The number of hydrogen-bond donors (Lipinski definition) is 1. The summed E-state index contributed by atoms with van der Waals surface area (Å²) in [4.78, 5) is 20.9. The average Bonchev–Trinajstić information content (AvgIpc) is 2.94. The maximum absolute atomic E-state index is 12.8. The minimum absolute atomic E-state index is 0.0503. The molecule has 0 amide bonds. The molecule has 1 aromatic carbocycles. The molecule has 23 heavy (non-hydrogen) atoms. The van der Waals surface area contributed by atoms with E-state index in [-0.39, 0.29) is 5.56 Å². The van der Waals surface area contributed by atoms with Crippen molar-refractivity contribution in [3.63, 3.8) is 0 Å². The molecule has 0 aliphatic carbocycles. The molecule has 4 aromatic rings. The number of nitrogens with one attached hydrogen (secondary N) is 1. The molecule has 112 valence electrons. The second-order valence-electron chi connectivity index (χ2n) is 6.15. The van der Waals surface area contributed by atoms with E-state index >= 15 is 0 Å². The van der Waals surface area contributed by atoms with Crippen LogP contribution in [0, 0.1) is 6.92 Å². The fourth-order valence-electron chi connectivity index (χ4n) is 3.66. The molecule has 0 radical (unpaired) electrons. The molecule has 0 fully saturated rings. The quantitative estimate of drug-likeness (QED) is 0.541. The van der Waals surface area contributed by atoms with Crippen LogP contribution in [-0.2, 0) is 13.0 Å². The Morgan fingerprint density at radius 1 is 1.13 bits per heavy atom. The van der Waals surface area contributed by atoms with Gasteiger partial charge in [-0.15, -0.1) is 0 Å². The number of nitrogens with zero attached hydrogens (tertiary/aromatic N) is 2. The summed E-state index contributed by atoms with van der Waals surface area (Å²) >= 11 is 0. The molecule has 4 heteroatoms. The number of H-pyrrole nitrogens is 1. The summed E-state index contributed by atoms with van der Waals surface area (Å²) < 4.78 is 1.87. The van der Waals surface area contributed by atoms with Gasteiger partial charge in [-0.05, 0) is 43.2 Å². The summed E-state index contributed by atoms with van der Waals surface area (Å²) in [6.07, 6.45) is 0.872. The highest BCUT2D eigenvalue weighted by Crippen LogP contribution is 2.34. The third kappa shape index (κ3) is 1.66. The van der Waals surface area contributed by atoms with Crippen LogP contribution in [0.15, 0.2) is 47.3 Å². The molecular formula is C19H15N3O. The van der Waals surface area contributed by atoms with Crippen molar-refractivity contribution >= 4 is 21.8 Å². The van der Waals surface area contributed by atoms with Crippen LogP contribution in [0.2, 0.25) is 0 Å². The van der Waals surface area contributed by atoms with Crippen LogP contribution < -0.4 is 5.56 Å². The van der Waals surface area contributed by atoms with Gasteiger partial charge in [0, 0.05) is 23.1 Å². The number of aromatic nitrogens is 3. The average molecular weight is 301 g/mol. The number of hydrogen-bond acceptors (Lipinski definition) is 2. The minimum atomic E-state index is 0.0503. The summed E-state index contributed by atoms with van der Waals surface area (Å²) in [6.45, 7) is 2.66. The van der Waals surface area contributed by atoms with Crippen molar-refractivity contribution < 1.29 is 0 Å². The summed E-state index contributed by atoms with van der Waals surface area (Å²) in [6, 6.07) is 14.1. The maximum Gasteiger partial charge on any atom is 0.260 e. The normalized spacial score (nSPS) is 13.3. The molecule has 0 saturated heterocycles. The molecule has 5 rings (SSSR count). The third-order valence-electron chi connectivity index (χ3n) is 4.76. The molecule has 1 aliphatic heterocycles. The zero-order valence-corrected chi connectivity index (χ0v) is 12.8. The number of benzene rings is 1. The SMILES string of the molecule is Cc1ccc2c(=O)n3c(cc2n1)-c1[nH]c2ccccc2c1CC3. The van der Waals surface area contributed by atoms with Crippen LogP contribution in [0.25, 0.3) is 33.2 Å². The van der Waals surface area contributed by atoms with E-state index in [2.05, 4.69) is 28.2 Å². The molecule has 3 aromatic heterocycles. The summed E-state index contributed by atoms with van der Waals surface area (Å²) in [5.41, 5.74) is 6.16. The number of aromatic amines is 1. The Bertz CT molecular complexity index is 1150. The number of aryl methyl sites for hydroxylation is 2. The molecule has 0 unspecified atom stereocenters. The van der Waals surface area contributed by atoms with Crippen LogP contribution in [0.4, 0.5) is 0 Å². The Labute approximate surface area is 132 Å². The van der Waals surface area contributed by atoms with Crippen molar-refractivity contribution in [3.8, 4) is 11.4 Å². The summed E-state index contributed by atoms with van der Waals surface area (Å²) in [5.74, 6) is 0. The zero-order valence-electron chi connectivity index (χ0n) is 12.8. The van der Waals surface area contributed by atoms with Gasteiger partial charge < -0.3 is 9.55 Å². The highest BCUT2D eigenvalue weighted by Gasteiger charge is 2.22. The monoisotopic (exact) mass is 301 g/mol. The largest absolute Gasteiger partial charge is 0.353 e. The molecule has 1 aliphatic rings. The Hall–Kier alpha value is -2.88. The highest BCUT2D eigenvalue weighted by molar-refractivity contribution is 5.92. The second-order valence-corrected chi connectivity index (χ2v) is 6.15. The third-order valence-corrected chi connectivity index (χ3v) is 4.76. The van der Waals surface area contributed by atoms with Crippen LogP contribution in [0.3, 0.4) is 0 Å². The molecule has 0 spiro atoms. The predicted molar refractivity (Wildman–Crippen MR) is 91.7 cm³/mol. The van der Waals surface area contributed by atoms with Gasteiger partial charge in [0.1, 0.15) is 0 Å². The first-order valence-corrected chi connectivity index (χ1v) is 7.83. The lowest BCUT2D eigenvalue weighted by atomic mass is 10.0. The van der Waals surface area contributed by atoms with Gasteiger partial charge in [0.25, 0.3) is 5.56 Å². The molecule has 0 saturated carbocycles. The van der Waals surface area contributed by atoms with E-state index in [4.69, 9.17) is 0 Å². The second kappa shape index (κ2) is 4.32. The lowest BCUT2D eigenvalue weighted by molar-refractivity contribution is 0.665. The first kappa shape index (κ1) is 12.6. The van der Waals surface area contributed by atoms with Gasteiger partial charge in [-0.1, -0.05) is 18.2 Å². The fraction of sp³-hybridized carbons (Fsp3) is 0.158. The molecule has 0 bridgehead atoms. The molecule has 0 atom stereocenters. The Morgan fingerprint density at radius 2 is 2.00 bits per heavy atom. The zero-order chi connectivity index (χ0) is 15.6. The van der Waals surface area contributed by atoms with Crippen molar-refractivity contribution in [3.05, 3.63) is 64.1 Å². The van der Waals surface area contributed by atoms with Gasteiger partial charge in [0.2, 0.25) is 0 Å². The Kier molecular flexibility index (Phi) is 2.37. The van der Waals surface area contributed by atoms with E-state index in [0.717, 1.165) is 34.5 Å². The molecule has 4 heterocycles. The van der Waals surface area contributed by atoms with Gasteiger partial charge in [0.15, 0.2) is 0 Å². The van der Waals surface area contributed by atoms with Gasteiger partial charge in [-0.2, -0.15) is 0 Å². The Balaban J connectivity index is 1.91. The van der Waals surface area contributed by atoms with Crippen molar-refractivity contribution in [2.45, 2.75) is 19.9 Å². The number of fused-ring (bicyclic) bond motifs is 6.